The Morgan fingerprint density at radius 2 is 1.38 bits per heavy atom. The average molecular weight is 963 g/mol. The number of nitrogens with zero attached hydrogens (tertiary/aromatic N) is 2. The minimum Gasteiger partial charge on any atom is -0.481 e. The number of aliphatic carboxylic acids is 1. The van der Waals surface area contributed by atoms with Crippen LogP contribution >= 0.6 is 0 Å². The Kier molecular flexibility index (Phi) is 13.7. The summed E-state index contributed by atoms with van der Waals surface area (Å²) in [6, 6.07) is 15.8. The van der Waals surface area contributed by atoms with E-state index in [2.05, 4.69) is 10.6 Å². The van der Waals surface area contributed by atoms with Crippen LogP contribution in [0.1, 0.15) is 64.0 Å². The lowest BCUT2D eigenvalue weighted by Crippen LogP contribution is -2.53. The molecular formula is C46H50N4O13S3. The Bertz CT molecular complexity index is 3280. The zero-order valence-electron chi connectivity index (χ0n) is 36.1. The molecule has 17 nitrogen and oxygen atoms in total. The molecule has 2 atom stereocenters. The van der Waals surface area contributed by atoms with Crippen LogP contribution in [0.5, 0.6) is 0 Å². The van der Waals surface area contributed by atoms with E-state index in [0.717, 1.165) is 11.3 Å². The molecule has 0 saturated heterocycles. The summed E-state index contributed by atoms with van der Waals surface area (Å²) >= 11 is 0. The second-order valence-corrected chi connectivity index (χ2v) is 20.8. The van der Waals surface area contributed by atoms with Gasteiger partial charge in [0.25, 0.3) is 30.4 Å². The van der Waals surface area contributed by atoms with Gasteiger partial charge < -0.3 is 25.2 Å². The van der Waals surface area contributed by atoms with Crippen molar-refractivity contribution in [2.24, 2.45) is 5.41 Å². The number of carbonyl (C=O) groups excluding carboxylic acids is 2. The quantitative estimate of drug-likeness (QED) is 0.0360. The Morgan fingerprint density at radius 3 is 2.02 bits per heavy atom. The number of carboxylic acid groups (broad SMARTS) is 1. The van der Waals surface area contributed by atoms with Crippen molar-refractivity contribution in [2.45, 2.75) is 74.7 Å². The smallest absolute Gasteiger partial charge is 0.303 e. The lowest BCUT2D eigenvalue weighted by Gasteiger charge is -2.35. The number of aryl methyl sites for hydroxylation is 1. The molecule has 1 aliphatic heterocycles. The van der Waals surface area contributed by atoms with Crippen LogP contribution in [0.3, 0.4) is 0 Å². The molecule has 6 N–H and O–H groups in total. The summed E-state index contributed by atoms with van der Waals surface area (Å²) in [5, 5.41) is 17.7. The van der Waals surface area contributed by atoms with E-state index in [-0.39, 0.29) is 35.6 Å². The highest BCUT2D eigenvalue weighted by molar-refractivity contribution is 7.86. The predicted octanol–water partition coefficient (Wildman–Crippen LogP) is 5.50. The Morgan fingerprint density at radius 1 is 0.742 bits per heavy atom. The molecule has 2 amide bonds. The molecule has 0 spiro atoms. The van der Waals surface area contributed by atoms with Crippen LogP contribution < -0.4 is 20.9 Å². The first kappa shape index (κ1) is 48.0. The lowest BCUT2D eigenvalue weighted by atomic mass is 9.70. The molecule has 2 aliphatic rings. The highest BCUT2D eigenvalue weighted by Crippen LogP contribution is 2.47. The molecule has 7 rings (SSSR count). The first-order valence-electron chi connectivity index (χ1n) is 21.3. The molecule has 0 radical (unpaired) electrons. The highest BCUT2D eigenvalue weighted by atomic mass is 32.2. The maximum Gasteiger partial charge on any atom is 0.303 e. The van der Waals surface area contributed by atoms with E-state index in [1.807, 2.05) is 47.6 Å². The molecule has 350 valence electrons. The van der Waals surface area contributed by atoms with E-state index in [4.69, 9.17) is 5.11 Å². The van der Waals surface area contributed by atoms with Gasteiger partial charge in [0.05, 0.1) is 11.8 Å². The number of aromatic nitrogens is 1. The summed E-state index contributed by atoms with van der Waals surface area (Å²) in [4.78, 5) is 41.7. The van der Waals surface area contributed by atoms with E-state index in [0.29, 0.717) is 81.3 Å². The van der Waals surface area contributed by atoms with Gasteiger partial charge in [-0.05, 0) is 86.6 Å². The number of likely N-dealkylation sites (N-methyl/N-ethyl adjacent to an activating group) is 1. The number of benzene rings is 4. The maximum absolute atomic E-state index is 14.6. The zero-order chi connectivity index (χ0) is 47.8. The first-order valence-corrected chi connectivity index (χ1v) is 25.8. The minimum absolute atomic E-state index is 0.0489. The third-order valence-corrected chi connectivity index (χ3v) is 14.8. The van der Waals surface area contributed by atoms with E-state index in [1.54, 1.807) is 54.6 Å². The van der Waals surface area contributed by atoms with Crippen molar-refractivity contribution < 1.29 is 58.4 Å². The molecule has 0 bridgehead atoms. The highest BCUT2D eigenvalue weighted by Gasteiger charge is 2.48. The monoisotopic (exact) mass is 962 g/mol. The van der Waals surface area contributed by atoms with Crippen LogP contribution in [0.25, 0.3) is 38.5 Å². The van der Waals surface area contributed by atoms with Crippen LogP contribution in [-0.4, -0.2) is 91.8 Å². The summed E-state index contributed by atoms with van der Waals surface area (Å²) in [5.41, 5.74) is 1.35. The molecule has 1 aliphatic carbocycles. The Balaban J connectivity index is 1.37. The van der Waals surface area contributed by atoms with Gasteiger partial charge in [0, 0.05) is 76.1 Å². The number of rotatable bonds is 18. The first-order chi connectivity index (χ1) is 31.2. The fraction of sp³-hybridized carbons (Fsp3) is 0.326. The number of carboxylic acids is 1. The fourth-order valence-electron chi connectivity index (χ4n) is 9.36. The summed E-state index contributed by atoms with van der Waals surface area (Å²) in [6.45, 7) is 4.40. The second kappa shape index (κ2) is 18.8. The zero-order valence-corrected chi connectivity index (χ0v) is 38.5. The van der Waals surface area contributed by atoms with E-state index < -0.39 is 71.9 Å². The molecular weight excluding hydrogens is 913 g/mol. The normalized spacial score (nSPS) is 18.8. The Labute approximate surface area is 381 Å². The largest absolute Gasteiger partial charge is 0.481 e. The van der Waals surface area contributed by atoms with Crippen LogP contribution in [0, 0.1) is 5.41 Å². The number of amides is 2. The van der Waals surface area contributed by atoms with E-state index >= 15 is 0 Å². The molecule has 4 aromatic carbocycles. The summed E-state index contributed by atoms with van der Waals surface area (Å²) in [7, 11) is -13.6. The van der Waals surface area contributed by atoms with Crippen LogP contribution in [0.15, 0.2) is 106 Å². The molecule has 2 heterocycles. The van der Waals surface area contributed by atoms with Gasteiger partial charge in [-0.25, -0.2) is 0 Å². The van der Waals surface area contributed by atoms with E-state index in [1.165, 1.54) is 12.1 Å². The van der Waals surface area contributed by atoms with Gasteiger partial charge in [-0.15, -0.1) is 0 Å². The summed E-state index contributed by atoms with van der Waals surface area (Å²) < 4.78 is 104. The topological polar surface area (TPSA) is 267 Å². The third-order valence-electron chi connectivity index (χ3n) is 12.2. The SMILES string of the molecule is CCN1c2ccc(S(=O)(=O)O)c3cccc(c23)C1/C=C/C1=CC(=C/C=c2\c3cccc4c(S(=O)(=O)O)ccc(c43)n2CC)/CC(C(=O)NCCCCCC(=O)O)(C(=O)NCCS(=O)(=O)O)C1. The van der Waals surface area contributed by atoms with Crippen molar-refractivity contribution in [1.29, 1.82) is 0 Å². The number of nitrogens with one attached hydrogen (secondary N) is 2. The van der Waals surface area contributed by atoms with Crippen LogP contribution in [-0.2, 0) is 51.3 Å². The average Bonchev–Trinajstić information content (AvgIpc) is 3.74. The molecule has 5 aromatic rings. The van der Waals surface area contributed by atoms with Gasteiger partial charge in [-0.1, -0.05) is 67.1 Å². The fourth-order valence-corrected chi connectivity index (χ4v) is 11.1. The third kappa shape index (κ3) is 9.65. The number of hydrogen-bond donors (Lipinski definition) is 6. The molecule has 1 aromatic heterocycles. The van der Waals surface area contributed by atoms with Crippen LogP contribution in [0.2, 0.25) is 0 Å². The standard InChI is InChI=1S/C46H50N4O13S3/c1-3-49-35(31-10-8-12-33-39(65(58,59)60)21-19-37(49)42(31)33)17-15-29-26-30(16-18-36-32-11-9-13-34-40(66(61,62)63)22-20-38(43(32)34)50(36)4-2)28-46(27-29,45(54)48-24-25-64(55,56)57)44(53)47-23-7-5-6-14-41(51)52/h8-13,15-22,26,35H,3-7,14,23-25,27-28H2,1-2H3,(H,47,53)(H,48,54)(H,51,52)(H,55,56,57)(H,58,59,60)(H,61,62,63)/b17-15+,30-16-,36-18+. The molecule has 2 unspecified atom stereocenters. The van der Waals surface area contributed by atoms with Crippen molar-refractivity contribution in [1.82, 2.24) is 15.2 Å². The van der Waals surface area contributed by atoms with E-state index in [9.17, 15) is 53.3 Å². The van der Waals surface area contributed by atoms with Gasteiger partial charge in [0.2, 0.25) is 11.8 Å². The summed E-state index contributed by atoms with van der Waals surface area (Å²) in [5.74, 6) is -3.23. The van der Waals surface area contributed by atoms with Gasteiger partial charge >= 0.3 is 5.97 Å². The molecule has 20 heteroatoms. The molecule has 0 saturated carbocycles. The number of allylic oxidation sites excluding steroid dienone is 5. The summed E-state index contributed by atoms with van der Waals surface area (Å²) in [6.07, 6.45) is 9.93. The van der Waals surface area contributed by atoms with Gasteiger partial charge in [0.1, 0.15) is 15.2 Å². The van der Waals surface area contributed by atoms with Gasteiger partial charge in [-0.3, -0.25) is 28.0 Å². The van der Waals surface area contributed by atoms with Crippen molar-refractivity contribution in [3.63, 3.8) is 0 Å². The maximum atomic E-state index is 14.6. The van der Waals surface area contributed by atoms with Crippen molar-refractivity contribution in [3.05, 3.63) is 107 Å². The predicted molar refractivity (Wildman–Crippen MR) is 250 cm³/mol. The van der Waals surface area contributed by atoms with Crippen molar-refractivity contribution in [2.75, 3.05) is 30.3 Å². The van der Waals surface area contributed by atoms with Gasteiger partial charge in [0.15, 0.2) is 0 Å². The van der Waals surface area contributed by atoms with Crippen LogP contribution in [0.4, 0.5) is 5.69 Å². The number of unbranched alkanes of at least 4 members (excludes halogenated alkanes) is 2. The lowest BCUT2D eigenvalue weighted by molar-refractivity contribution is -0.144. The Hall–Kier alpha value is -5.90. The minimum atomic E-state index is -4.57. The van der Waals surface area contributed by atoms with Gasteiger partial charge in [-0.2, -0.15) is 25.3 Å². The number of hydrogen-bond acceptors (Lipinski definition) is 10. The molecule has 0 fully saturated rings. The number of anilines is 1. The van der Waals surface area contributed by atoms with Crippen molar-refractivity contribution >= 4 is 92.3 Å². The number of carbonyl (C=O) groups is 3. The van der Waals surface area contributed by atoms with Crippen molar-refractivity contribution in [3.8, 4) is 0 Å². The molecule has 66 heavy (non-hydrogen) atoms. The second-order valence-electron chi connectivity index (χ2n) is 16.4.